The number of aromatic nitrogens is 3. The Labute approximate surface area is 245 Å². The first kappa shape index (κ1) is 28.4. The minimum Gasteiger partial charge on any atom is -0.485 e. The summed E-state index contributed by atoms with van der Waals surface area (Å²) in [5, 5.41) is 16.2. The van der Waals surface area contributed by atoms with Gasteiger partial charge in [-0.05, 0) is 35.9 Å². The lowest BCUT2D eigenvalue weighted by molar-refractivity contribution is -0.0774. The van der Waals surface area contributed by atoms with Crippen molar-refractivity contribution in [2.75, 3.05) is 57.8 Å². The van der Waals surface area contributed by atoms with Crippen LogP contribution in [0.1, 0.15) is 25.0 Å². The van der Waals surface area contributed by atoms with Crippen molar-refractivity contribution in [1.82, 2.24) is 30.1 Å². The molecule has 3 aliphatic rings. The predicted octanol–water partition coefficient (Wildman–Crippen LogP) is 3.39. The van der Waals surface area contributed by atoms with Crippen LogP contribution in [-0.4, -0.2) is 95.6 Å². The van der Waals surface area contributed by atoms with E-state index in [1.54, 1.807) is 18.2 Å². The molecule has 2 aromatic carbocycles. The molecule has 0 amide bonds. The van der Waals surface area contributed by atoms with Crippen molar-refractivity contribution in [2.24, 2.45) is 5.41 Å². The number of rotatable bonds is 8. The topological polar surface area (TPSA) is 111 Å². The zero-order valence-corrected chi connectivity index (χ0v) is 24.1. The van der Waals surface area contributed by atoms with Crippen LogP contribution in [0, 0.1) is 16.7 Å². The number of hydrogen-bond acceptors (Lipinski definition) is 10. The Bertz CT molecular complexity index is 1420. The van der Waals surface area contributed by atoms with Gasteiger partial charge in [0.15, 0.2) is 5.82 Å². The summed E-state index contributed by atoms with van der Waals surface area (Å²) in [5.74, 6) is 1.18. The third kappa shape index (κ3) is 6.37. The average Bonchev–Trinajstić information content (AvgIpc) is 2.96. The highest BCUT2D eigenvalue weighted by Gasteiger charge is 2.41. The van der Waals surface area contributed by atoms with Gasteiger partial charge in [-0.25, -0.2) is 14.4 Å². The maximum atomic E-state index is 14.7. The third-order valence-corrected chi connectivity index (χ3v) is 8.36. The minimum atomic E-state index is -1.17. The van der Waals surface area contributed by atoms with E-state index < -0.39 is 17.7 Å². The van der Waals surface area contributed by atoms with E-state index in [1.165, 1.54) is 11.9 Å². The Kier molecular flexibility index (Phi) is 8.31. The van der Waals surface area contributed by atoms with Gasteiger partial charge in [-0.15, -0.1) is 0 Å². The molecular weight excluding hydrogens is 535 g/mol. The maximum absolute atomic E-state index is 14.7. The van der Waals surface area contributed by atoms with Crippen LogP contribution in [0.25, 0.3) is 11.4 Å². The lowest BCUT2D eigenvalue weighted by Gasteiger charge is -2.42. The summed E-state index contributed by atoms with van der Waals surface area (Å²) >= 11 is 0. The van der Waals surface area contributed by atoms with Crippen LogP contribution >= 0.6 is 0 Å². The fraction of sp³-hybridized carbons (Fsp3) is 0.484. The van der Waals surface area contributed by atoms with E-state index in [0.717, 1.165) is 51.6 Å². The largest absolute Gasteiger partial charge is 0.485 e. The molecule has 2 N–H and O–H groups in total. The Hall–Kier alpha value is -3.69. The fourth-order valence-corrected chi connectivity index (χ4v) is 5.76. The zero-order chi connectivity index (χ0) is 29.1. The number of piperidine rings is 1. The smallest absolute Gasteiger partial charge is 0.230 e. The van der Waals surface area contributed by atoms with E-state index in [9.17, 15) is 9.65 Å². The van der Waals surface area contributed by atoms with Crippen molar-refractivity contribution in [1.29, 1.82) is 5.26 Å². The molecule has 10 nitrogen and oxygen atoms in total. The second kappa shape index (κ2) is 12.3. The van der Waals surface area contributed by atoms with Gasteiger partial charge in [-0.2, -0.15) is 10.2 Å². The highest BCUT2D eigenvalue weighted by Crippen LogP contribution is 2.33. The van der Waals surface area contributed by atoms with Crippen molar-refractivity contribution >= 4 is 11.6 Å². The van der Waals surface area contributed by atoms with Gasteiger partial charge in [0.1, 0.15) is 30.4 Å². The Morgan fingerprint density at radius 2 is 1.90 bits per heavy atom. The van der Waals surface area contributed by atoms with E-state index in [2.05, 4.69) is 53.6 Å². The van der Waals surface area contributed by atoms with Crippen LogP contribution < -0.4 is 15.4 Å². The summed E-state index contributed by atoms with van der Waals surface area (Å²) in [6.07, 6.45) is -0.390. The number of anilines is 2. The van der Waals surface area contributed by atoms with Crippen molar-refractivity contribution in [3.05, 3.63) is 59.9 Å². The number of piperazine rings is 1. The minimum absolute atomic E-state index is 0.228. The molecule has 1 aromatic heterocycles. The summed E-state index contributed by atoms with van der Waals surface area (Å²) in [6, 6.07) is 16.2. The SMILES string of the molecule is CC1(C)CNC[C@@H](F)[C@H]1Oc1ccc(-c2ncnc(Nc3ccc(CN4CCN(C5COC5)CC4)cc3)n2)cc1C#N. The number of nitrogens with one attached hydrogen (secondary N) is 2. The maximum Gasteiger partial charge on any atom is 0.230 e. The second-order valence-electron chi connectivity index (χ2n) is 12.0. The van der Waals surface area contributed by atoms with Gasteiger partial charge in [0.05, 0.1) is 24.8 Å². The van der Waals surface area contributed by atoms with E-state index >= 15 is 0 Å². The normalized spacial score (nSPS) is 23.1. The number of nitriles is 1. The molecule has 0 spiro atoms. The monoisotopic (exact) mass is 572 g/mol. The second-order valence-corrected chi connectivity index (χ2v) is 12.0. The van der Waals surface area contributed by atoms with Crippen molar-refractivity contribution in [3.8, 4) is 23.2 Å². The van der Waals surface area contributed by atoms with Crippen molar-refractivity contribution in [2.45, 2.75) is 38.7 Å². The molecule has 0 unspecified atom stereocenters. The quantitative estimate of drug-likeness (QED) is 0.417. The van der Waals surface area contributed by atoms with Crippen LogP contribution in [0.4, 0.5) is 16.0 Å². The molecule has 42 heavy (non-hydrogen) atoms. The lowest BCUT2D eigenvalue weighted by Crippen LogP contribution is -2.56. The summed E-state index contributed by atoms with van der Waals surface area (Å²) in [6.45, 7) is 11.8. The van der Waals surface area contributed by atoms with Gasteiger partial charge in [0.25, 0.3) is 0 Å². The summed E-state index contributed by atoms with van der Waals surface area (Å²) in [4.78, 5) is 18.2. The highest BCUT2D eigenvalue weighted by atomic mass is 19.1. The standard InChI is InChI=1S/C31H37FN8O2/c1-31(2)19-34-15-26(32)28(31)42-27-8-5-22(13-23(27)14-33)29-35-20-36-30(38-29)37-24-6-3-21(4-7-24)16-39-9-11-40(12-10-39)25-17-41-18-25/h3-8,13,20,25-26,28,34H,9-12,15-19H2,1-2H3,(H,35,36,37,38)/t26-,28-/m1/s1. The molecule has 220 valence electrons. The Morgan fingerprint density at radius 3 is 2.60 bits per heavy atom. The summed E-state index contributed by atoms with van der Waals surface area (Å²) < 4.78 is 26.1. The molecule has 0 bridgehead atoms. The van der Waals surface area contributed by atoms with Crippen molar-refractivity contribution < 1.29 is 13.9 Å². The number of nitrogens with zero attached hydrogens (tertiary/aromatic N) is 6. The van der Waals surface area contributed by atoms with Crippen LogP contribution in [0.15, 0.2) is 48.8 Å². The first-order valence-electron chi connectivity index (χ1n) is 14.5. The van der Waals surface area contributed by atoms with Gasteiger partial charge in [0.2, 0.25) is 5.95 Å². The Morgan fingerprint density at radius 1 is 1.12 bits per heavy atom. The Balaban J connectivity index is 1.08. The van der Waals surface area contributed by atoms with E-state index in [4.69, 9.17) is 9.47 Å². The van der Waals surface area contributed by atoms with Gasteiger partial charge in [-0.3, -0.25) is 9.80 Å². The van der Waals surface area contributed by atoms with Gasteiger partial charge in [0, 0.05) is 62.5 Å². The molecule has 4 heterocycles. The first-order valence-corrected chi connectivity index (χ1v) is 14.5. The lowest BCUT2D eigenvalue weighted by atomic mass is 9.81. The molecule has 0 aliphatic carbocycles. The summed E-state index contributed by atoms with van der Waals surface area (Å²) in [7, 11) is 0. The average molecular weight is 573 g/mol. The zero-order valence-electron chi connectivity index (χ0n) is 24.1. The molecule has 6 rings (SSSR count). The summed E-state index contributed by atoms with van der Waals surface area (Å²) in [5.41, 5.74) is 2.66. The van der Waals surface area contributed by atoms with Crippen molar-refractivity contribution in [3.63, 3.8) is 0 Å². The molecule has 3 fully saturated rings. The van der Waals surface area contributed by atoms with Gasteiger partial charge in [-0.1, -0.05) is 26.0 Å². The molecule has 0 saturated carbocycles. The molecule has 3 saturated heterocycles. The molecule has 3 aromatic rings. The van der Waals surface area contributed by atoms with E-state index in [-0.39, 0.29) is 6.54 Å². The predicted molar refractivity (Wildman–Crippen MR) is 157 cm³/mol. The third-order valence-electron chi connectivity index (χ3n) is 8.36. The number of alkyl halides is 1. The van der Waals surface area contributed by atoms with Crippen LogP contribution in [0.2, 0.25) is 0 Å². The highest BCUT2D eigenvalue weighted by molar-refractivity contribution is 5.63. The fourth-order valence-electron chi connectivity index (χ4n) is 5.76. The molecule has 11 heteroatoms. The number of halogens is 1. The number of hydrogen-bond donors (Lipinski definition) is 2. The molecule has 2 atom stereocenters. The van der Waals surface area contributed by atoms with E-state index in [1.807, 2.05) is 26.0 Å². The van der Waals surface area contributed by atoms with Crippen LogP contribution in [-0.2, 0) is 11.3 Å². The first-order chi connectivity index (χ1) is 20.4. The van der Waals surface area contributed by atoms with Gasteiger partial charge >= 0.3 is 0 Å². The number of benzene rings is 2. The molecule has 3 aliphatic heterocycles. The molecule has 0 radical (unpaired) electrons. The van der Waals surface area contributed by atoms with Gasteiger partial charge < -0.3 is 20.1 Å². The van der Waals surface area contributed by atoms with E-state index in [0.29, 0.717) is 41.2 Å². The number of ether oxygens (including phenoxy) is 2. The van der Waals surface area contributed by atoms with Crippen LogP contribution in [0.3, 0.4) is 0 Å². The van der Waals surface area contributed by atoms with Crippen LogP contribution in [0.5, 0.6) is 5.75 Å². The molecular formula is C31H37FN8O2.